The topological polar surface area (TPSA) is 49.4 Å². The number of nitrogens with zero attached hydrogens (tertiary/aromatic N) is 1. The van der Waals surface area contributed by atoms with E-state index < -0.39 is 11.6 Å². The van der Waals surface area contributed by atoms with Crippen molar-refractivity contribution in [2.75, 3.05) is 4.90 Å². The van der Waals surface area contributed by atoms with E-state index in [2.05, 4.69) is 5.32 Å². The van der Waals surface area contributed by atoms with Gasteiger partial charge in [0.1, 0.15) is 11.6 Å². The standard InChI is InChI=1S/C16H21ClN2O2/c1-9(2)13-14(20)18-16(4,5)15(21)19(13)12-8-11(17)7-6-10(12)3/h6-9,13H,1-5H3,(H,18,20). The minimum absolute atomic E-state index is 0.00318. The second kappa shape index (κ2) is 5.34. The molecule has 0 aliphatic carbocycles. The van der Waals surface area contributed by atoms with Crippen molar-refractivity contribution >= 4 is 29.1 Å². The summed E-state index contributed by atoms with van der Waals surface area (Å²) in [6.07, 6.45) is 0. The molecule has 2 rings (SSSR count). The minimum atomic E-state index is -0.919. The Morgan fingerprint density at radius 2 is 1.90 bits per heavy atom. The van der Waals surface area contributed by atoms with Crippen LogP contribution < -0.4 is 10.2 Å². The maximum absolute atomic E-state index is 12.8. The van der Waals surface area contributed by atoms with Gasteiger partial charge in [0, 0.05) is 10.7 Å². The van der Waals surface area contributed by atoms with Crippen LogP contribution in [0.1, 0.15) is 33.3 Å². The van der Waals surface area contributed by atoms with Gasteiger partial charge in [-0.3, -0.25) is 14.5 Å². The lowest BCUT2D eigenvalue weighted by Crippen LogP contribution is -2.69. The van der Waals surface area contributed by atoms with Crippen LogP contribution in [0.3, 0.4) is 0 Å². The summed E-state index contributed by atoms with van der Waals surface area (Å²) in [5, 5.41) is 3.36. The second-order valence-electron chi connectivity index (χ2n) is 6.41. The Morgan fingerprint density at radius 1 is 1.29 bits per heavy atom. The first-order valence-electron chi connectivity index (χ1n) is 7.07. The highest BCUT2D eigenvalue weighted by Crippen LogP contribution is 2.32. The number of carbonyl (C=O) groups excluding carboxylic acids is 2. The van der Waals surface area contributed by atoms with Gasteiger partial charge in [-0.2, -0.15) is 0 Å². The quantitative estimate of drug-likeness (QED) is 0.913. The first-order chi connectivity index (χ1) is 9.65. The van der Waals surface area contributed by atoms with Crippen LogP contribution in [-0.2, 0) is 9.59 Å². The lowest BCUT2D eigenvalue weighted by molar-refractivity contribution is -0.138. The Labute approximate surface area is 130 Å². The largest absolute Gasteiger partial charge is 0.340 e. The Morgan fingerprint density at radius 3 is 2.48 bits per heavy atom. The van der Waals surface area contributed by atoms with E-state index in [1.165, 1.54) is 0 Å². The SMILES string of the molecule is Cc1ccc(Cl)cc1N1C(=O)C(C)(C)NC(=O)C1C(C)C. The molecule has 4 nitrogen and oxygen atoms in total. The third-order valence-electron chi connectivity index (χ3n) is 3.80. The second-order valence-corrected chi connectivity index (χ2v) is 6.85. The van der Waals surface area contributed by atoms with Gasteiger partial charge in [0.25, 0.3) is 5.91 Å². The molecule has 1 atom stereocenters. The van der Waals surface area contributed by atoms with Gasteiger partial charge < -0.3 is 5.32 Å². The van der Waals surface area contributed by atoms with Crippen molar-refractivity contribution in [2.45, 2.75) is 46.2 Å². The van der Waals surface area contributed by atoms with Crippen LogP contribution in [0.2, 0.25) is 5.02 Å². The molecule has 2 amide bonds. The van der Waals surface area contributed by atoms with Crippen molar-refractivity contribution < 1.29 is 9.59 Å². The minimum Gasteiger partial charge on any atom is -0.340 e. The molecule has 1 fully saturated rings. The maximum Gasteiger partial charge on any atom is 0.252 e. The summed E-state index contributed by atoms with van der Waals surface area (Å²) >= 11 is 6.08. The molecule has 21 heavy (non-hydrogen) atoms. The fourth-order valence-corrected chi connectivity index (χ4v) is 2.85. The van der Waals surface area contributed by atoms with Gasteiger partial charge in [-0.15, -0.1) is 0 Å². The predicted octanol–water partition coefficient (Wildman–Crippen LogP) is 2.91. The lowest BCUT2D eigenvalue weighted by Gasteiger charge is -2.44. The number of piperazine rings is 1. The van der Waals surface area contributed by atoms with Gasteiger partial charge in [-0.05, 0) is 44.4 Å². The Bertz CT molecular complexity index is 596. The molecule has 0 spiro atoms. The average Bonchev–Trinajstić information content (AvgIpc) is 2.35. The van der Waals surface area contributed by atoms with E-state index in [4.69, 9.17) is 11.6 Å². The summed E-state index contributed by atoms with van der Waals surface area (Å²) in [7, 11) is 0. The molecule has 1 N–H and O–H groups in total. The van der Waals surface area contributed by atoms with Gasteiger partial charge >= 0.3 is 0 Å². The van der Waals surface area contributed by atoms with Gasteiger partial charge in [0.05, 0.1) is 0 Å². The zero-order valence-corrected chi connectivity index (χ0v) is 13.8. The van der Waals surface area contributed by atoms with E-state index in [0.29, 0.717) is 10.7 Å². The van der Waals surface area contributed by atoms with Crippen LogP contribution >= 0.6 is 11.6 Å². The molecule has 1 aliphatic heterocycles. The van der Waals surface area contributed by atoms with E-state index in [-0.39, 0.29) is 17.7 Å². The number of amides is 2. The zero-order chi connectivity index (χ0) is 15.9. The molecule has 0 saturated carbocycles. The Hall–Kier alpha value is -1.55. The van der Waals surface area contributed by atoms with Gasteiger partial charge in [-0.25, -0.2) is 0 Å². The normalized spacial score (nSPS) is 21.7. The van der Waals surface area contributed by atoms with Crippen LogP contribution in [0.4, 0.5) is 5.69 Å². The average molecular weight is 309 g/mol. The van der Waals surface area contributed by atoms with E-state index in [1.807, 2.05) is 26.8 Å². The zero-order valence-electron chi connectivity index (χ0n) is 13.0. The number of nitrogens with one attached hydrogen (secondary N) is 1. The summed E-state index contributed by atoms with van der Waals surface area (Å²) in [4.78, 5) is 26.9. The third kappa shape index (κ3) is 2.77. The summed E-state index contributed by atoms with van der Waals surface area (Å²) in [6, 6.07) is 4.87. The number of benzene rings is 1. The van der Waals surface area contributed by atoms with Crippen LogP contribution in [0.25, 0.3) is 0 Å². The third-order valence-corrected chi connectivity index (χ3v) is 4.03. The van der Waals surface area contributed by atoms with Crippen molar-refractivity contribution in [1.29, 1.82) is 0 Å². The smallest absolute Gasteiger partial charge is 0.252 e. The molecule has 1 aliphatic rings. The summed E-state index contributed by atoms with van der Waals surface area (Å²) < 4.78 is 0. The van der Waals surface area contributed by atoms with Crippen molar-refractivity contribution in [1.82, 2.24) is 5.32 Å². The number of anilines is 1. The molecule has 1 heterocycles. The molecule has 1 saturated heterocycles. The van der Waals surface area contributed by atoms with Gasteiger partial charge in [-0.1, -0.05) is 31.5 Å². The molecule has 0 aromatic heterocycles. The Kier molecular flexibility index (Phi) is 4.02. The fourth-order valence-electron chi connectivity index (χ4n) is 2.68. The number of hydrogen-bond acceptors (Lipinski definition) is 2. The monoisotopic (exact) mass is 308 g/mol. The van der Waals surface area contributed by atoms with Crippen LogP contribution in [0, 0.1) is 12.8 Å². The number of hydrogen-bond donors (Lipinski definition) is 1. The maximum atomic E-state index is 12.8. The van der Waals surface area contributed by atoms with Crippen molar-refractivity contribution in [3.05, 3.63) is 28.8 Å². The van der Waals surface area contributed by atoms with Gasteiger partial charge in [0.15, 0.2) is 0 Å². The van der Waals surface area contributed by atoms with Crippen molar-refractivity contribution in [3.63, 3.8) is 0 Å². The molecular formula is C16H21ClN2O2. The summed E-state index contributed by atoms with van der Waals surface area (Å²) in [6.45, 7) is 9.22. The highest BCUT2D eigenvalue weighted by atomic mass is 35.5. The molecule has 1 aromatic carbocycles. The molecule has 5 heteroatoms. The lowest BCUT2D eigenvalue weighted by atomic mass is 9.90. The molecule has 1 aromatic rings. The first-order valence-corrected chi connectivity index (χ1v) is 7.45. The molecule has 0 radical (unpaired) electrons. The molecular weight excluding hydrogens is 288 g/mol. The first kappa shape index (κ1) is 15.8. The summed E-state index contributed by atoms with van der Waals surface area (Å²) in [5.41, 5.74) is 0.704. The van der Waals surface area contributed by atoms with Crippen molar-refractivity contribution in [2.24, 2.45) is 5.92 Å². The Balaban J connectivity index is 2.61. The number of rotatable bonds is 2. The highest BCUT2D eigenvalue weighted by molar-refractivity contribution is 6.31. The number of carbonyl (C=O) groups is 2. The van der Waals surface area contributed by atoms with Crippen molar-refractivity contribution in [3.8, 4) is 0 Å². The van der Waals surface area contributed by atoms with Gasteiger partial charge in [0.2, 0.25) is 5.91 Å². The predicted molar refractivity (Wildman–Crippen MR) is 84.5 cm³/mol. The van der Waals surface area contributed by atoms with Crippen LogP contribution in [0.5, 0.6) is 0 Å². The number of halogens is 1. The molecule has 0 bridgehead atoms. The number of aryl methyl sites for hydroxylation is 1. The summed E-state index contributed by atoms with van der Waals surface area (Å²) in [5.74, 6) is -0.247. The van der Waals surface area contributed by atoms with E-state index in [0.717, 1.165) is 5.56 Å². The molecule has 1 unspecified atom stereocenters. The fraction of sp³-hybridized carbons (Fsp3) is 0.500. The molecule has 114 valence electrons. The van der Waals surface area contributed by atoms with E-state index in [9.17, 15) is 9.59 Å². The van der Waals surface area contributed by atoms with E-state index in [1.54, 1.807) is 30.9 Å². The van der Waals surface area contributed by atoms with Crippen LogP contribution in [0.15, 0.2) is 18.2 Å². The van der Waals surface area contributed by atoms with E-state index >= 15 is 0 Å². The van der Waals surface area contributed by atoms with Crippen LogP contribution in [-0.4, -0.2) is 23.4 Å². The highest BCUT2D eigenvalue weighted by Gasteiger charge is 2.47.